The van der Waals surface area contributed by atoms with Crippen LogP contribution < -0.4 is 10.6 Å². The summed E-state index contributed by atoms with van der Waals surface area (Å²) >= 11 is 1.88. The third-order valence-electron chi connectivity index (χ3n) is 3.16. The van der Waals surface area contributed by atoms with E-state index in [0.717, 1.165) is 26.2 Å². The second-order valence-corrected chi connectivity index (χ2v) is 5.27. The first-order chi connectivity index (χ1) is 8.43. The summed E-state index contributed by atoms with van der Waals surface area (Å²) in [6, 6.07) is 10.5. The van der Waals surface area contributed by atoms with Crippen LogP contribution in [-0.4, -0.2) is 36.6 Å². The molecule has 2 aliphatic rings. The number of rotatable bonds is 2. The summed E-state index contributed by atoms with van der Waals surface area (Å²) in [6.45, 7) is 4.44. The molecule has 2 N–H and O–H groups in total. The van der Waals surface area contributed by atoms with Crippen molar-refractivity contribution < 1.29 is 0 Å². The molecule has 17 heavy (non-hydrogen) atoms. The second-order valence-electron chi connectivity index (χ2n) is 4.32. The van der Waals surface area contributed by atoms with Crippen molar-refractivity contribution in [3.8, 4) is 0 Å². The van der Waals surface area contributed by atoms with Crippen LogP contribution >= 0.6 is 11.8 Å². The molecule has 2 aliphatic heterocycles. The molecule has 3 rings (SSSR count). The molecule has 0 radical (unpaired) electrons. The molecule has 1 aromatic rings. The highest BCUT2D eigenvalue weighted by molar-refractivity contribution is 8.03. The van der Waals surface area contributed by atoms with Gasteiger partial charge in [0.05, 0.1) is 0 Å². The van der Waals surface area contributed by atoms with E-state index in [-0.39, 0.29) is 0 Å². The highest BCUT2D eigenvalue weighted by atomic mass is 32.2. The Labute approximate surface area is 106 Å². The first kappa shape index (κ1) is 11.1. The third-order valence-corrected chi connectivity index (χ3v) is 4.21. The molecule has 0 spiro atoms. The molecule has 1 unspecified atom stereocenters. The van der Waals surface area contributed by atoms with E-state index in [9.17, 15) is 0 Å². The number of hydrogen-bond donors (Lipinski definition) is 2. The van der Waals surface area contributed by atoms with Crippen molar-refractivity contribution in [2.45, 2.75) is 5.50 Å². The van der Waals surface area contributed by atoms with Gasteiger partial charge in [-0.15, -0.1) is 0 Å². The molecular formula is C13H17N3S. The minimum atomic E-state index is 0.410. The Morgan fingerprint density at radius 1 is 1.12 bits per heavy atom. The van der Waals surface area contributed by atoms with Gasteiger partial charge in [-0.1, -0.05) is 42.1 Å². The third kappa shape index (κ3) is 2.49. The van der Waals surface area contributed by atoms with Gasteiger partial charge in [-0.3, -0.25) is 4.90 Å². The van der Waals surface area contributed by atoms with Crippen molar-refractivity contribution in [2.24, 2.45) is 0 Å². The number of hydrogen-bond acceptors (Lipinski definition) is 4. The van der Waals surface area contributed by atoms with Crippen molar-refractivity contribution in [1.29, 1.82) is 0 Å². The van der Waals surface area contributed by atoms with E-state index in [2.05, 4.69) is 51.3 Å². The van der Waals surface area contributed by atoms with Gasteiger partial charge in [0.2, 0.25) is 0 Å². The van der Waals surface area contributed by atoms with Crippen molar-refractivity contribution in [3.05, 3.63) is 41.3 Å². The van der Waals surface area contributed by atoms with Crippen molar-refractivity contribution in [3.63, 3.8) is 0 Å². The maximum atomic E-state index is 3.60. The Bertz CT molecular complexity index is 398. The van der Waals surface area contributed by atoms with Gasteiger partial charge in [0.15, 0.2) is 0 Å². The van der Waals surface area contributed by atoms with Gasteiger partial charge in [-0.2, -0.15) is 0 Å². The van der Waals surface area contributed by atoms with Gasteiger partial charge in [-0.05, 0) is 11.0 Å². The van der Waals surface area contributed by atoms with E-state index >= 15 is 0 Å². The smallest absolute Gasteiger partial charge is 0.132 e. The summed E-state index contributed by atoms with van der Waals surface area (Å²) in [6.07, 6.45) is 0. The zero-order valence-electron chi connectivity index (χ0n) is 9.73. The molecule has 2 heterocycles. The van der Waals surface area contributed by atoms with Crippen LogP contribution in [0.5, 0.6) is 0 Å². The fraction of sp³-hybridized carbons (Fsp3) is 0.385. The lowest BCUT2D eigenvalue weighted by Gasteiger charge is -2.32. The molecule has 1 atom stereocenters. The molecule has 0 saturated carbocycles. The monoisotopic (exact) mass is 247 g/mol. The zero-order valence-corrected chi connectivity index (χ0v) is 10.5. The summed E-state index contributed by atoms with van der Waals surface area (Å²) in [5, 5.41) is 9.22. The molecule has 3 nitrogen and oxygen atoms in total. The van der Waals surface area contributed by atoms with Gasteiger partial charge in [0.1, 0.15) is 5.50 Å². The first-order valence-corrected chi connectivity index (χ1v) is 7.00. The average molecular weight is 247 g/mol. The Morgan fingerprint density at radius 2 is 1.88 bits per heavy atom. The van der Waals surface area contributed by atoms with E-state index in [1.54, 1.807) is 0 Å². The number of benzene rings is 1. The number of piperazine rings is 1. The summed E-state index contributed by atoms with van der Waals surface area (Å²) in [4.78, 5) is 2.49. The van der Waals surface area contributed by atoms with Gasteiger partial charge < -0.3 is 10.6 Å². The molecule has 4 heteroatoms. The number of thioether (sulfide) groups is 1. The molecule has 1 fully saturated rings. The van der Waals surface area contributed by atoms with Crippen LogP contribution in [-0.2, 0) is 0 Å². The Kier molecular flexibility index (Phi) is 3.36. The highest BCUT2D eigenvalue weighted by Gasteiger charge is 2.24. The second kappa shape index (κ2) is 5.12. The lowest BCUT2D eigenvalue weighted by Crippen LogP contribution is -2.50. The van der Waals surface area contributed by atoms with E-state index in [0.29, 0.717) is 5.50 Å². The van der Waals surface area contributed by atoms with E-state index < -0.39 is 0 Å². The van der Waals surface area contributed by atoms with Crippen molar-refractivity contribution in [1.82, 2.24) is 15.5 Å². The standard InChI is InChI=1S/C13H17N3S/c1-2-4-11(5-3-1)12-10-17-13(15-12)16-8-6-14-7-9-16/h1-5,10,13-15H,6-9H2. The molecule has 0 aliphatic carbocycles. The minimum absolute atomic E-state index is 0.410. The fourth-order valence-electron chi connectivity index (χ4n) is 2.20. The molecule has 90 valence electrons. The lowest BCUT2D eigenvalue weighted by atomic mass is 10.2. The van der Waals surface area contributed by atoms with Crippen molar-refractivity contribution >= 4 is 17.5 Å². The molecular weight excluding hydrogens is 230 g/mol. The summed E-state index contributed by atoms with van der Waals surface area (Å²) < 4.78 is 0. The van der Waals surface area contributed by atoms with Crippen LogP contribution in [0.2, 0.25) is 0 Å². The number of nitrogens with one attached hydrogen (secondary N) is 2. The van der Waals surface area contributed by atoms with Crippen molar-refractivity contribution in [2.75, 3.05) is 26.2 Å². The maximum absolute atomic E-state index is 3.60. The molecule has 0 bridgehead atoms. The number of nitrogens with zero attached hydrogens (tertiary/aromatic N) is 1. The van der Waals surface area contributed by atoms with E-state index in [1.807, 2.05) is 11.8 Å². The molecule has 1 saturated heterocycles. The van der Waals surface area contributed by atoms with E-state index in [1.165, 1.54) is 11.3 Å². The normalized spacial score (nSPS) is 25.4. The zero-order chi connectivity index (χ0) is 11.5. The van der Waals surface area contributed by atoms with Crippen LogP contribution in [0.4, 0.5) is 0 Å². The van der Waals surface area contributed by atoms with Crippen LogP contribution in [0.3, 0.4) is 0 Å². The first-order valence-electron chi connectivity index (χ1n) is 6.06. The van der Waals surface area contributed by atoms with Crippen LogP contribution in [0.15, 0.2) is 35.7 Å². The largest absolute Gasteiger partial charge is 0.360 e. The van der Waals surface area contributed by atoms with Crippen LogP contribution in [0.1, 0.15) is 5.56 Å². The van der Waals surface area contributed by atoms with Crippen LogP contribution in [0.25, 0.3) is 5.70 Å². The topological polar surface area (TPSA) is 27.3 Å². The average Bonchev–Trinajstić information content (AvgIpc) is 2.90. The maximum Gasteiger partial charge on any atom is 0.132 e. The highest BCUT2D eigenvalue weighted by Crippen LogP contribution is 2.29. The predicted octanol–water partition coefficient (Wildman–Crippen LogP) is 1.51. The summed E-state index contributed by atoms with van der Waals surface area (Å²) in [7, 11) is 0. The van der Waals surface area contributed by atoms with Gasteiger partial charge in [-0.25, -0.2) is 0 Å². The van der Waals surface area contributed by atoms with Gasteiger partial charge in [0, 0.05) is 31.9 Å². The quantitative estimate of drug-likeness (QED) is 0.828. The van der Waals surface area contributed by atoms with Gasteiger partial charge in [0.25, 0.3) is 0 Å². The van der Waals surface area contributed by atoms with Crippen LogP contribution in [0, 0.1) is 0 Å². The summed E-state index contributed by atoms with van der Waals surface area (Å²) in [5.74, 6) is 0. The molecule has 1 aromatic carbocycles. The SMILES string of the molecule is C1=C(c2ccccc2)NC(N2CCNCC2)S1. The predicted molar refractivity (Wildman–Crippen MR) is 73.4 cm³/mol. The molecule has 0 aromatic heterocycles. The Morgan fingerprint density at radius 3 is 2.65 bits per heavy atom. The van der Waals surface area contributed by atoms with Gasteiger partial charge >= 0.3 is 0 Å². The molecule has 0 amide bonds. The lowest BCUT2D eigenvalue weighted by molar-refractivity contribution is 0.216. The fourth-order valence-corrected chi connectivity index (χ4v) is 3.24. The summed E-state index contributed by atoms with van der Waals surface area (Å²) in [5.41, 5.74) is 2.93. The minimum Gasteiger partial charge on any atom is -0.360 e. The van der Waals surface area contributed by atoms with E-state index in [4.69, 9.17) is 0 Å². The Hall–Kier alpha value is -0.970. The Balaban J connectivity index is 1.64.